The second-order valence-corrected chi connectivity index (χ2v) is 6.92. The topological polar surface area (TPSA) is 84.9 Å². The second kappa shape index (κ2) is 13.8. The molecular formula is C20H35NO5. The third kappa shape index (κ3) is 9.92. The van der Waals surface area contributed by atoms with Gasteiger partial charge in [0.2, 0.25) is 6.29 Å². The van der Waals surface area contributed by atoms with Crippen molar-refractivity contribution in [1.29, 1.82) is 0 Å². The van der Waals surface area contributed by atoms with E-state index in [0.717, 1.165) is 13.0 Å². The van der Waals surface area contributed by atoms with E-state index in [-0.39, 0.29) is 0 Å². The molecule has 6 heteroatoms. The average molecular weight is 370 g/mol. The van der Waals surface area contributed by atoms with Crippen molar-refractivity contribution in [3.8, 4) is 0 Å². The lowest BCUT2D eigenvalue weighted by Gasteiger charge is -2.20. The number of hydrogen-bond donors (Lipinski definition) is 2. The van der Waals surface area contributed by atoms with E-state index >= 15 is 0 Å². The van der Waals surface area contributed by atoms with Gasteiger partial charge in [0.15, 0.2) is 0 Å². The molecule has 2 N–H and O–H groups in total. The van der Waals surface area contributed by atoms with Gasteiger partial charge in [-0.1, -0.05) is 64.7 Å². The van der Waals surface area contributed by atoms with E-state index in [1.807, 2.05) is 0 Å². The van der Waals surface area contributed by atoms with Crippen molar-refractivity contribution in [2.24, 2.45) is 0 Å². The summed E-state index contributed by atoms with van der Waals surface area (Å²) in [5, 5.41) is 12.9. The molecule has 0 aromatic heterocycles. The molecule has 1 aliphatic rings. The monoisotopic (exact) mass is 369 g/mol. The van der Waals surface area contributed by atoms with E-state index in [0.29, 0.717) is 12.1 Å². The number of aliphatic hydroxyl groups excluding tert-OH is 1. The van der Waals surface area contributed by atoms with Gasteiger partial charge in [0.25, 0.3) is 0 Å². The molecule has 0 radical (unpaired) electrons. The van der Waals surface area contributed by atoms with Crippen molar-refractivity contribution < 1.29 is 24.2 Å². The zero-order chi connectivity index (χ0) is 19.2. The number of rotatable bonds is 15. The van der Waals surface area contributed by atoms with Gasteiger partial charge in [-0.15, -0.1) is 0 Å². The highest BCUT2D eigenvalue weighted by Crippen LogP contribution is 2.19. The first-order valence-electron chi connectivity index (χ1n) is 10.0. The van der Waals surface area contributed by atoms with E-state index < -0.39 is 24.3 Å². The fourth-order valence-corrected chi connectivity index (χ4v) is 3.07. The van der Waals surface area contributed by atoms with Crippen LogP contribution in [0.2, 0.25) is 0 Å². The Morgan fingerprint density at radius 3 is 2.23 bits per heavy atom. The van der Waals surface area contributed by atoms with Crippen LogP contribution < -0.4 is 5.32 Å². The maximum atomic E-state index is 11.2. The van der Waals surface area contributed by atoms with Crippen molar-refractivity contribution in [3.05, 3.63) is 11.6 Å². The van der Waals surface area contributed by atoms with Crippen LogP contribution in [0, 0.1) is 0 Å². The molecule has 2 atom stereocenters. The molecule has 0 fully saturated rings. The summed E-state index contributed by atoms with van der Waals surface area (Å²) in [6, 6.07) is 0. The van der Waals surface area contributed by atoms with Crippen molar-refractivity contribution in [1.82, 2.24) is 5.32 Å². The molecule has 0 aromatic carbocycles. The Hall–Kier alpha value is -1.40. The van der Waals surface area contributed by atoms with Gasteiger partial charge in [-0.05, 0) is 13.0 Å². The van der Waals surface area contributed by atoms with Crippen LogP contribution in [0.15, 0.2) is 11.6 Å². The number of hydrogen-bond acceptors (Lipinski definition) is 6. The Morgan fingerprint density at radius 1 is 1.15 bits per heavy atom. The Labute approximate surface area is 157 Å². The SMILES string of the molecule is CCCCCCCCCCCCNCC(OC(C)=O)C1=CC(=O)OC1O. The fourth-order valence-electron chi connectivity index (χ4n) is 3.07. The Morgan fingerprint density at radius 2 is 1.73 bits per heavy atom. The predicted molar refractivity (Wildman–Crippen MR) is 100 cm³/mol. The second-order valence-electron chi connectivity index (χ2n) is 6.92. The van der Waals surface area contributed by atoms with Crippen molar-refractivity contribution in [3.63, 3.8) is 0 Å². The molecule has 0 spiro atoms. The van der Waals surface area contributed by atoms with Gasteiger partial charge in [-0.3, -0.25) is 4.79 Å². The Balaban J connectivity index is 2.09. The number of esters is 2. The molecule has 2 unspecified atom stereocenters. The number of cyclic esters (lactones) is 1. The lowest BCUT2D eigenvalue weighted by Crippen LogP contribution is -2.35. The standard InChI is InChI=1S/C20H35NO5/c1-3-4-5-6-7-8-9-10-11-12-13-21-15-18(25-16(2)22)17-14-19(23)26-20(17)24/h14,18,20-21,24H,3-13,15H2,1-2H3. The van der Waals surface area contributed by atoms with Crippen molar-refractivity contribution >= 4 is 11.9 Å². The fraction of sp³-hybridized carbons (Fsp3) is 0.800. The number of aliphatic hydroxyl groups is 1. The van der Waals surface area contributed by atoms with Crippen LogP contribution in [-0.2, 0) is 19.1 Å². The largest absolute Gasteiger partial charge is 0.456 e. The molecular weight excluding hydrogens is 334 g/mol. The predicted octanol–water partition coefficient (Wildman–Crippen LogP) is 3.23. The van der Waals surface area contributed by atoms with Gasteiger partial charge in [0.1, 0.15) is 6.10 Å². The number of ether oxygens (including phenoxy) is 2. The van der Waals surface area contributed by atoms with E-state index in [1.54, 1.807) is 0 Å². The first kappa shape index (κ1) is 22.6. The highest BCUT2D eigenvalue weighted by atomic mass is 16.6. The number of carbonyl (C=O) groups is 2. The third-order valence-corrected chi connectivity index (χ3v) is 4.51. The normalized spacial score (nSPS) is 17.7. The number of nitrogens with one attached hydrogen (secondary N) is 1. The van der Waals surface area contributed by atoms with E-state index in [9.17, 15) is 14.7 Å². The number of unbranched alkanes of at least 4 members (excludes halogenated alkanes) is 9. The highest BCUT2D eigenvalue weighted by molar-refractivity contribution is 5.86. The van der Waals surface area contributed by atoms with Crippen LogP contribution in [0.25, 0.3) is 0 Å². The molecule has 26 heavy (non-hydrogen) atoms. The molecule has 1 aliphatic heterocycles. The molecule has 150 valence electrons. The first-order chi connectivity index (χ1) is 12.5. The minimum atomic E-state index is -1.33. The van der Waals surface area contributed by atoms with Crippen LogP contribution in [-0.4, -0.2) is 42.5 Å². The van der Waals surface area contributed by atoms with Gasteiger partial charge in [0.05, 0.1) is 0 Å². The van der Waals surface area contributed by atoms with Gasteiger partial charge in [0, 0.05) is 25.1 Å². The quantitative estimate of drug-likeness (QED) is 0.340. The Bertz CT molecular complexity index is 449. The number of carbonyl (C=O) groups excluding carboxylic acids is 2. The van der Waals surface area contributed by atoms with E-state index in [1.165, 1.54) is 70.8 Å². The molecule has 0 saturated heterocycles. The molecule has 0 saturated carbocycles. The van der Waals surface area contributed by atoms with Gasteiger partial charge in [-0.2, -0.15) is 0 Å². The van der Waals surface area contributed by atoms with Gasteiger partial charge < -0.3 is 19.9 Å². The van der Waals surface area contributed by atoms with E-state index in [2.05, 4.69) is 17.0 Å². The summed E-state index contributed by atoms with van der Waals surface area (Å²) in [7, 11) is 0. The average Bonchev–Trinajstić information content (AvgIpc) is 2.92. The summed E-state index contributed by atoms with van der Waals surface area (Å²) in [6.07, 6.45) is 12.0. The van der Waals surface area contributed by atoms with Gasteiger partial charge >= 0.3 is 11.9 Å². The summed E-state index contributed by atoms with van der Waals surface area (Å²) >= 11 is 0. The molecule has 1 heterocycles. The molecule has 0 bridgehead atoms. The van der Waals surface area contributed by atoms with Crippen LogP contribution >= 0.6 is 0 Å². The first-order valence-corrected chi connectivity index (χ1v) is 10.0. The molecule has 1 rings (SSSR count). The maximum Gasteiger partial charge on any atom is 0.333 e. The smallest absolute Gasteiger partial charge is 0.333 e. The Kier molecular flexibility index (Phi) is 12.0. The third-order valence-electron chi connectivity index (χ3n) is 4.51. The van der Waals surface area contributed by atoms with Crippen LogP contribution in [0.1, 0.15) is 78.1 Å². The van der Waals surface area contributed by atoms with Crippen molar-refractivity contribution in [2.45, 2.75) is 90.4 Å². The van der Waals surface area contributed by atoms with Crippen LogP contribution in [0.4, 0.5) is 0 Å². The minimum Gasteiger partial charge on any atom is -0.456 e. The minimum absolute atomic E-state index is 0.292. The summed E-state index contributed by atoms with van der Waals surface area (Å²) in [6.45, 7) is 4.71. The van der Waals surface area contributed by atoms with Crippen LogP contribution in [0.3, 0.4) is 0 Å². The summed E-state index contributed by atoms with van der Waals surface area (Å²) in [5.74, 6) is -1.07. The summed E-state index contributed by atoms with van der Waals surface area (Å²) in [4.78, 5) is 22.4. The summed E-state index contributed by atoms with van der Waals surface area (Å²) in [5.41, 5.74) is 0.292. The van der Waals surface area contributed by atoms with Gasteiger partial charge in [-0.25, -0.2) is 4.79 Å². The maximum absolute atomic E-state index is 11.2. The van der Waals surface area contributed by atoms with E-state index in [4.69, 9.17) is 4.74 Å². The van der Waals surface area contributed by atoms with Crippen LogP contribution in [0.5, 0.6) is 0 Å². The molecule has 0 amide bonds. The summed E-state index contributed by atoms with van der Waals surface area (Å²) < 4.78 is 9.85. The van der Waals surface area contributed by atoms with Crippen molar-refractivity contribution in [2.75, 3.05) is 13.1 Å². The molecule has 0 aliphatic carbocycles. The lowest BCUT2D eigenvalue weighted by atomic mass is 10.1. The molecule has 0 aromatic rings. The highest BCUT2D eigenvalue weighted by Gasteiger charge is 2.31. The zero-order valence-corrected chi connectivity index (χ0v) is 16.3. The zero-order valence-electron chi connectivity index (χ0n) is 16.3. The lowest BCUT2D eigenvalue weighted by molar-refractivity contribution is -0.153. The molecule has 6 nitrogen and oxygen atoms in total.